The topological polar surface area (TPSA) is 49.3 Å². The second-order valence-corrected chi connectivity index (χ2v) is 4.64. The van der Waals surface area contributed by atoms with Gasteiger partial charge in [0.1, 0.15) is 5.75 Å². The van der Waals surface area contributed by atoms with Crippen LogP contribution in [0, 0.1) is 5.92 Å². The Morgan fingerprint density at radius 3 is 2.67 bits per heavy atom. The first-order valence-corrected chi connectivity index (χ1v) is 6.75. The predicted molar refractivity (Wildman–Crippen MR) is 73.7 cm³/mol. The van der Waals surface area contributed by atoms with E-state index < -0.39 is 0 Å². The number of hydrogen-bond donors (Lipinski definition) is 2. The fourth-order valence-electron chi connectivity index (χ4n) is 1.94. The summed E-state index contributed by atoms with van der Waals surface area (Å²) in [6.45, 7) is 5.00. The highest BCUT2D eigenvalue weighted by Gasteiger charge is 2.12. The van der Waals surface area contributed by atoms with Crippen LogP contribution in [-0.2, 0) is 0 Å². The third-order valence-electron chi connectivity index (χ3n) is 3.24. The lowest BCUT2D eigenvalue weighted by Crippen LogP contribution is -2.29. The molecule has 1 amide bonds. The van der Waals surface area contributed by atoms with Crippen molar-refractivity contribution < 1.29 is 9.90 Å². The van der Waals surface area contributed by atoms with Crippen LogP contribution in [0.25, 0.3) is 0 Å². The molecule has 0 aromatic heterocycles. The van der Waals surface area contributed by atoms with Gasteiger partial charge in [-0.2, -0.15) is 0 Å². The quantitative estimate of drug-likeness (QED) is 0.778. The standard InChI is InChI=1S/C15H23NO2/c1-3-5-8-12(4-2)11-16-15(18)13-9-6-7-10-14(13)17/h6-7,9-10,12,17H,3-5,8,11H2,1-2H3,(H,16,18)/t12-/m1/s1. The molecule has 2 N–H and O–H groups in total. The SMILES string of the molecule is CCCC[C@@H](CC)CNC(=O)c1ccccc1O. The molecule has 0 fully saturated rings. The van der Waals surface area contributed by atoms with Crippen molar-refractivity contribution in [2.45, 2.75) is 39.5 Å². The fourth-order valence-corrected chi connectivity index (χ4v) is 1.94. The molecule has 0 aliphatic carbocycles. The number of rotatable bonds is 7. The molecule has 0 spiro atoms. The Kier molecular flexibility index (Phi) is 6.26. The van der Waals surface area contributed by atoms with E-state index in [0.29, 0.717) is 18.0 Å². The molecular weight excluding hydrogens is 226 g/mol. The molecule has 3 heteroatoms. The number of phenols is 1. The Hall–Kier alpha value is -1.51. The van der Waals surface area contributed by atoms with E-state index in [9.17, 15) is 9.90 Å². The molecule has 0 aliphatic rings. The average Bonchev–Trinajstić information content (AvgIpc) is 2.39. The lowest BCUT2D eigenvalue weighted by Gasteiger charge is -2.15. The van der Waals surface area contributed by atoms with Crippen LogP contribution in [0.5, 0.6) is 5.75 Å². The maximum absolute atomic E-state index is 11.9. The number of unbranched alkanes of at least 4 members (excludes halogenated alkanes) is 1. The molecule has 0 saturated heterocycles. The average molecular weight is 249 g/mol. The van der Waals surface area contributed by atoms with Gasteiger partial charge in [0.2, 0.25) is 0 Å². The minimum Gasteiger partial charge on any atom is -0.507 e. The van der Waals surface area contributed by atoms with E-state index in [1.54, 1.807) is 18.2 Å². The molecule has 0 saturated carbocycles. The summed E-state index contributed by atoms with van der Waals surface area (Å²) in [5.41, 5.74) is 0.350. The summed E-state index contributed by atoms with van der Waals surface area (Å²) in [5.74, 6) is 0.374. The molecule has 1 atom stereocenters. The van der Waals surface area contributed by atoms with Crippen molar-refractivity contribution in [1.82, 2.24) is 5.32 Å². The highest BCUT2D eigenvalue weighted by Crippen LogP contribution is 2.16. The molecule has 0 radical (unpaired) electrons. The van der Waals surface area contributed by atoms with Crippen LogP contribution in [-0.4, -0.2) is 17.6 Å². The van der Waals surface area contributed by atoms with Gasteiger partial charge in [-0.05, 0) is 24.5 Å². The molecular formula is C15H23NO2. The lowest BCUT2D eigenvalue weighted by molar-refractivity contribution is 0.0943. The van der Waals surface area contributed by atoms with E-state index in [4.69, 9.17) is 0 Å². The van der Waals surface area contributed by atoms with Gasteiger partial charge in [0.05, 0.1) is 5.56 Å². The predicted octanol–water partition coefficient (Wildman–Crippen LogP) is 3.34. The van der Waals surface area contributed by atoms with Gasteiger partial charge in [-0.25, -0.2) is 0 Å². The maximum Gasteiger partial charge on any atom is 0.255 e. The number of aromatic hydroxyl groups is 1. The first-order valence-electron chi connectivity index (χ1n) is 6.75. The van der Waals surface area contributed by atoms with E-state index in [0.717, 1.165) is 12.8 Å². The fraction of sp³-hybridized carbons (Fsp3) is 0.533. The third kappa shape index (κ3) is 4.40. The van der Waals surface area contributed by atoms with E-state index in [1.807, 2.05) is 0 Å². The van der Waals surface area contributed by atoms with Crippen molar-refractivity contribution in [2.75, 3.05) is 6.54 Å². The van der Waals surface area contributed by atoms with Crippen LogP contribution < -0.4 is 5.32 Å². The summed E-state index contributed by atoms with van der Waals surface area (Å²) in [6.07, 6.45) is 4.60. The van der Waals surface area contributed by atoms with E-state index in [1.165, 1.54) is 18.9 Å². The van der Waals surface area contributed by atoms with E-state index in [2.05, 4.69) is 19.2 Å². The number of benzene rings is 1. The molecule has 0 aliphatic heterocycles. The summed E-state index contributed by atoms with van der Waals surface area (Å²) in [5, 5.41) is 12.5. The minimum atomic E-state index is -0.192. The van der Waals surface area contributed by atoms with Crippen molar-refractivity contribution in [2.24, 2.45) is 5.92 Å². The Labute approximate surface area is 109 Å². The second kappa shape index (κ2) is 7.75. The molecule has 18 heavy (non-hydrogen) atoms. The summed E-state index contributed by atoms with van der Waals surface area (Å²) in [6, 6.07) is 6.63. The van der Waals surface area contributed by atoms with E-state index in [-0.39, 0.29) is 11.7 Å². The van der Waals surface area contributed by atoms with Crippen molar-refractivity contribution in [3.05, 3.63) is 29.8 Å². The molecule has 0 heterocycles. The number of phenolic OH excluding ortho intramolecular Hbond substituents is 1. The zero-order valence-electron chi connectivity index (χ0n) is 11.3. The Morgan fingerprint density at radius 1 is 1.33 bits per heavy atom. The minimum absolute atomic E-state index is 0.0385. The van der Waals surface area contributed by atoms with Crippen LogP contribution >= 0.6 is 0 Å². The van der Waals surface area contributed by atoms with E-state index >= 15 is 0 Å². The van der Waals surface area contributed by atoms with Gasteiger partial charge in [-0.3, -0.25) is 4.79 Å². The summed E-state index contributed by atoms with van der Waals surface area (Å²) in [7, 11) is 0. The highest BCUT2D eigenvalue weighted by molar-refractivity contribution is 5.96. The first kappa shape index (κ1) is 14.6. The van der Waals surface area contributed by atoms with Gasteiger partial charge in [0, 0.05) is 6.54 Å². The molecule has 0 unspecified atom stereocenters. The van der Waals surface area contributed by atoms with Crippen molar-refractivity contribution in [3.8, 4) is 5.75 Å². The molecule has 0 bridgehead atoms. The molecule has 100 valence electrons. The normalized spacial score (nSPS) is 12.1. The van der Waals surface area contributed by atoms with Crippen LogP contribution in [0.15, 0.2) is 24.3 Å². The van der Waals surface area contributed by atoms with Gasteiger partial charge in [0.15, 0.2) is 0 Å². The van der Waals surface area contributed by atoms with Gasteiger partial charge in [-0.15, -0.1) is 0 Å². The maximum atomic E-state index is 11.9. The third-order valence-corrected chi connectivity index (χ3v) is 3.24. The summed E-state index contributed by atoms with van der Waals surface area (Å²) < 4.78 is 0. The molecule has 1 rings (SSSR count). The monoisotopic (exact) mass is 249 g/mol. The van der Waals surface area contributed by atoms with Gasteiger partial charge < -0.3 is 10.4 Å². The number of carbonyl (C=O) groups is 1. The smallest absolute Gasteiger partial charge is 0.255 e. The zero-order chi connectivity index (χ0) is 13.4. The number of nitrogens with one attached hydrogen (secondary N) is 1. The Morgan fingerprint density at radius 2 is 2.06 bits per heavy atom. The molecule has 1 aromatic carbocycles. The Balaban J connectivity index is 2.47. The first-order chi connectivity index (χ1) is 8.69. The van der Waals surface area contributed by atoms with Crippen LogP contribution in [0.3, 0.4) is 0 Å². The van der Waals surface area contributed by atoms with Gasteiger partial charge in [-0.1, -0.05) is 45.2 Å². The van der Waals surface area contributed by atoms with Gasteiger partial charge >= 0.3 is 0 Å². The van der Waals surface area contributed by atoms with Crippen LogP contribution in [0.4, 0.5) is 0 Å². The number of hydrogen-bond acceptors (Lipinski definition) is 2. The largest absolute Gasteiger partial charge is 0.507 e. The van der Waals surface area contributed by atoms with Crippen LogP contribution in [0.1, 0.15) is 49.9 Å². The van der Waals surface area contributed by atoms with Crippen molar-refractivity contribution in [1.29, 1.82) is 0 Å². The van der Waals surface area contributed by atoms with Gasteiger partial charge in [0.25, 0.3) is 5.91 Å². The highest BCUT2D eigenvalue weighted by atomic mass is 16.3. The number of amides is 1. The molecule has 3 nitrogen and oxygen atoms in total. The second-order valence-electron chi connectivity index (χ2n) is 4.64. The summed E-state index contributed by atoms with van der Waals surface area (Å²) in [4.78, 5) is 11.9. The van der Waals surface area contributed by atoms with Crippen LogP contribution in [0.2, 0.25) is 0 Å². The van der Waals surface area contributed by atoms with Crippen molar-refractivity contribution >= 4 is 5.91 Å². The zero-order valence-corrected chi connectivity index (χ0v) is 11.3. The molecule has 1 aromatic rings. The van der Waals surface area contributed by atoms with Crippen molar-refractivity contribution in [3.63, 3.8) is 0 Å². The number of para-hydroxylation sites is 1. The number of carbonyl (C=O) groups excluding carboxylic acids is 1. The lowest BCUT2D eigenvalue weighted by atomic mass is 9.99. The Bertz CT molecular complexity index is 377. The summed E-state index contributed by atoms with van der Waals surface area (Å²) >= 11 is 0.